The summed E-state index contributed by atoms with van der Waals surface area (Å²) in [6, 6.07) is 15.3. The molecule has 0 radical (unpaired) electrons. The van der Waals surface area contributed by atoms with Crippen molar-refractivity contribution in [2.45, 2.75) is 37.4 Å². The molecular weight excluding hydrogens is 574 g/mol. The lowest BCUT2D eigenvalue weighted by Gasteiger charge is -2.41. The minimum absolute atomic E-state index is 0.264. The molecule has 0 fully saturated rings. The lowest BCUT2D eigenvalue weighted by atomic mass is 9.75. The van der Waals surface area contributed by atoms with Gasteiger partial charge in [-0.1, -0.05) is 32.1 Å². The summed E-state index contributed by atoms with van der Waals surface area (Å²) in [4.78, 5) is 0. The van der Waals surface area contributed by atoms with Crippen LogP contribution in [-0.2, 0) is 20.5 Å². The number of methoxy groups -OCH3 is 4. The van der Waals surface area contributed by atoms with Gasteiger partial charge in [0.05, 0.1) is 27.4 Å². The topological polar surface area (TPSA) is 46.2 Å². The van der Waals surface area contributed by atoms with Crippen molar-refractivity contribution < 1.29 is 32.5 Å². The average molecular weight is 609 g/mol. The summed E-state index contributed by atoms with van der Waals surface area (Å²) in [5.74, 6) is 1.69. The van der Waals surface area contributed by atoms with Gasteiger partial charge in [-0.3, -0.25) is 0 Å². The second-order valence-corrected chi connectivity index (χ2v) is 12.2. The third-order valence-corrected chi connectivity index (χ3v) is 9.44. The normalized spacial score (nSPS) is 20.8. The summed E-state index contributed by atoms with van der Waals surface area (Å²) in [6.45, 7) is 4.19. The van der Waals surface area contributed by atoms with Crippen molar-refractivity contribution in [1.29, 1.82) is 0 Å². The van der Waals surface area contributed by atoms with E-state index in [1.165, 1.54) is 18.2 Å². The maximum atomic E-state index is 15.1. The van der Waals surface area contributed by atoms with Crippen molar-refractivity contribution in [1.82, 2.24) is 0 Å². The molecule has 3 aliphatic rings. The standard InChI is InChI=1S/C38H34F2O5/c1-37(2)33-18-24(40)8-10-30(33)34-29-9-7-23(39)17-32(29)36-31(35(34)37)11-12-38(45-36,21-13-25(41-3)19-26(14-21)42-4)22-15-27(43-5)20-28(16-22)44-6/h7-15,17-20,28H,16H2,1-6H3. The summed E-state index contributed by atoms with van der Waals surface area (Å²) < 4.78 is 59.9. The van der Waals surface area contributed by atoms with Crippen molar-refractivity contribution in [3.8, 4) is 28.4 Å². The van der Waals surface area contributed by atoms with Crippen molar-refractivity contribution in [2.75, 3.05) is 28.4 Å². The van der Waals surface area contributed by atoms with Crippen LogP contribution in [-0.4, -0.2) is 34.5 Å². The van der Waals surface area contributed by atoms with E-state index in [-0.39, 0.29) is 17.7 Å². The van der Waals surface area contributed by atoms with Gasteiger partial charge in [-0.25, -0.2) is 8.78 Å². The molecule has 2 unspecified atom stereocenters. The van der Waals surface area contributed by atoms with Crippen LogP contribution in [0, 0.1) is 11.6 Å². The summed E-state index contributed by atoms with van der Waals surface area (Å²) in [6.07, 6.45) is 8.24. The Bertz CT molecular complexity index is 1950. The molecule has 2 atom stereocenters. The van der Waals surface area contributed by atoms with E-state index in [9.17, 15) is 4.39 Å². The largest absolute Gasteiger partial charge is 0.497 e. The number of benzene rings is 4. The molecule has 230 valence electrons. The van der Waals surface area contributed by atoms with Gasteiger partial charge in [0, 0.05) is 41.5 Å². The molecule has 7 rings (SSSR count). The molecule has 1 aliphatic heterocycles. The predicted octanol–water partition coefficient (Wildman–Crippen LogP) is 8.62. The van der Waals surface area contributed by atoms with E-state index in [1.807, 2.05) is 42.5 Å². The molecule has 2 aliphatic carbocycles. The van der Waals surface area contributed by atoms with Crippen LogP contribution in [0.4, 0.5) is 8.78 Å². The molecule has 1 heterocycles. The minimum atomic E-state index is -1.17. The first-order chi connectivity index (χ1) is 21.6. The number of hydrogen-bond donors (Lipinski definition) is 0. The van der Waals surface area contributed by atoms with Crippen LogP contribution in [0.25, 0.3) is 28.0 Å². The average Bonchev–Trinajstić information content (AvgIpc) is 3.29. The van der Waals surface area contributed by atoms with Gasteiger partial charge in [-0.15, -0.1) is 0 Å². The Hall–Kier alpha value is -4.62. The van der Waals surface area contributed by atoms with E-state index in [0.29, 0.717) is 34.8 Å². The number of rotatable bonds is 6. The maximum absolute atomic E-state index is 15.1. The molecule has 45 heavy (non-hydrogen) atoms. The molecule has 0 bridgehead atoms. The van der Waals surface area contributed by atoms with E-state index in [2.05, 4.69) is 19.9 Å². The number of fused-ring (bicyclic) bond motifs is 8. The molecule has 4 aromatic rings. The molecule has 7 heteroatoms. The Morgan fingerprint density at radius 1 is 0.822 bits per heavy atom. The predicted molar refractivity (Wildman–Crippen MR) is 171 cm³/mol. The molecular formula is C38H34F2O5. The van der Waals surface area contributed by atoms with Gasteiger partial charge in [-0.2, -0.15) is 0 Å². The highest BCUT2D eigenvalue weighted by atomic mass is 19.1. The first-order valence-electron chi connectivity index (χ1n) is 14.8. The Morgan fingerprint density at radius 2 is 1.53 bits per heavy atom. The van der Waals surface area contributed by atoms with Gasteiger partial charge in [-0.05, 0) is 87.8 Å². The highest BCUT2D eigenvalue weighted by molar-refractivity contribution is 6.08. The molecule has 0 N–H and O–H groups in total. The van der Waals surface area contributed by atoms with E-state index in [4.69, 9.17) is 23.7 Å². The lowest BCUT2D eigenvalue weighted by molar-refractivity contribution is 0.106. The van der Waals surface area contributed by atoms with Crippen LogP contribution in [0.3, 0.4) is 0 Å². The Balaban J connectivity index is 1.56. The van der Waals surface area contributed by atoms with Crippen molar-refractivity contribution >= 4 is 16.8 Å². The van der Waals surface area contributed by atoms with Crippen LogP contribution in [0.1, 0.15) is 42.5 Å². The maximum Gasteiger partial charge on any atom is 0.174 e. The summed E-state index contributed by atoms with van der Waals surface area (Å²) in [5.41, 5.74) is 4.54. The molecule has 0 aromatic heterocycles. The van der Waals surface area contributed by atoms with Gasteiger partial charge < -0.3 is 23.7 Å². The third-order valence-electron chi connectivity index (χ3n) is 9.44. The van der Waals surface area contributed by atoms with Crippen LogP contribution in [0.5, 0.6) is 17.2 Å². The number of hydrogen-bond acceptors (Lipinski definition) is 5. The van der Waals surface area contributed by atoms with Gasteiger partial charge in [0.25, 0.3) is 0 Å². The van der Waals surface area contributed by atoms with Crippen LogP contribution in [0.15, 0.2) is 84.2 Å². The second-order valence-electron chi connectivity index (χ2n) is 12.2. The fourth-order valence-electron chi connectivity index (χ4n) is 7.24. The van der Waals surface area contributed by atoms with Crippen molar-refractivity contribution in [3.63, 3.8) is 0 Å². The van der Waals surface area contributed by atoms with Crippen LogP contribution < -0.4 is 14.2 Å². The van der Waals surface area contributed by atoms with E-state index in [1.54, 1.807) is 40.6 Å². The minimum Gasteiger partial charge on any atom is -0.497 e. The lowest BCUT2D eigenvalue weighted by Crippen LogP contribution is -2.38. The zero-order chi connectivity index (χ0) is 31.7. The van der Waals surface area contributed by atoms with E-state index < -0.39 is 11.0 Å². The fourth-order valence-corrected chi connectivity index (χ4v) is 7.24. The number of allylic oxidation sites excluding steroid dienone is 1. The Kier molecular flexibility index (Phi) is 6.78. The number of ether oxygens (including phenoxy) is 5. The monoisotopic (exact) mass is 608 g/mol. The quantitative estimate of drug-likeness (QED) is 0.219. The van der Waals surface area contributed by atoms with E-state index in [0.717, 1.165) is 44.3 Å². The van der Waals surface area contributed by atoms with E-state index >= 15 is 4.39 Å². The summed E-state index contributed by atoms with van der Waals surface area (Å²) >= 11 is 0. The summed E-state index contributed by atoms with van der Waals surface area (Å²) in [7, 11) is 6.49. The third kappa shape index (κ3) is 4.36. The molecule has 0 saturated carbocycles. The molecule has 0 saturated heterocycles. The van der Waals surface area contributed by atoms with Gasteiger partial charge in [0.2, 0.25) is 0 Å². The number of halogens is 2. The van der Waals surface area contributed by atoms with Gasteiger partial charge >= 0.3 is 0 Å². The highest BCUT2D eigenvalue weighted by Gasteiger charge is 2.46. The summed E-state index contributed by atoms with van der Waals surface area (Å²) in [5, 5.41) is 1.46. The zero-order valence-electron chi connectivity index (χ0n) is 26.1. The molecule has 4 aromatic carbocycles. The fraction of sp³-hybridized carbons (Fsp3) is 0.263. The second kappa shape index (κ2) is 10.5. The zero-order valence-corrected chi connectivity index (χ0v) is 26.1. The highest BCUT2D eigenvalue weighted by Crippen LogP contribution is 2.58. The van der Waals surface area contributed by atoms with Crippen LogP contribution in [0.2, 0.25) is 0 Å². The SMILES string of the molecule is COC1=CC(OC)CC(C2(c3cc(OC)cc(OC)c3)C=Cc3c4c(c5ccc(F)cc5c3O2)-c2ccc(F)cc2C4(C)C)=C1. The smallest absolute Gasteiger partial charge is 0.174 e. The van der Waals surface area contributed by atoms with Crippen molar-refractivity contribution in [3.05, 3.63) is 118 Å². The molecule has 5 nitrogen and oxygen atoms in total. The Morgan fingerprint density at radius 3 is 2.22 bits per heavy atom. The Labute approximate surface area is 261 Å². The first kappa shape index (κ1) is 29.1. The van der Waals surface area contributed by atoms with Crippen LogP contribution >= 0.6 is 0 Å². The molecule has 0 amide bonds. The van der Waals surface area contributed by atoms with Gasteiger partial charge in [0.1, 0.15) is 34.6 Å². The first-order valence-corrected chi connectivity index (χ1v) is 14.8. The van der Waals surface area contributed by atoms with Crippen molar-refractivity contribution in [2.24, 2.45) is 0 Å². The molecule has 0 spiro atoms. The van der Waals surface area contributed by atoms with Gasteiger partial charge in [0.15, 0.2) is 5.60 Å².